The van der Waals surface area contributed by atoms with Crippen LogP contribution >= 0.6 is 11.7 Å². The molecule has 8 nitrogen and oxygen atoms in total. The summed E-state index contributed by atoms with van der Waals surface area (Å²) in [5, 5.41) is 0.777. The maximum absolute atomic E-state index is 14.1. The van der Waals surface area contributed by atoms with Crippen molar-refractivity contribution < 1.29 is 13.2 Å². The van der Waals surface area contributed by atoms with E-state index in [9.17, 15) is 13.2 Å². The molecule has 3 aromatic carbocycles. The lowest BCUT2D eigenvalue weighted by atomic mass is 10.1. The van der Waals surface area contributed by atoms with Crippen LogP contribution in [0.3, 0.4) is 0 Å². The number of hydrogen-bond acceptors (Lipinski definition) is 7. The molecule has 0 spiro atoms. The minimum atomic E-state index is -4.04. The molecule has 0 unspecified atom stereocenters. The second-order valence-corrected chi connectivity index (χ2v) is 10.6. The molecule has 2 heterocycles. The van der Waals surface area contributed by atoms with Gasteiger partial charge in [0.05, 0.1) is 24.4 Å². The lowest BCUT2D eigenvalue weighted by Gasteiger charge is -2.23. The van der Waals surface area contributed by atoms with Crippen molar-refractivity contribution in [2.75, 3.05) is 7.11 Å². The van der Waals surface area contributed by atoms with E-state index in [2.05, 4.69) is 13.7 Å². The Balaban J connectivity index is 1.63. The largest absolute Gasteiger partial charge is 0.497 e. The summed E-state index contributed by atoms with van der Waals surface area (Å²) in [6.45, 7) is 1.72. The van der Waals surface area contributed by atoms with Crippen LogP contribution in [-0.2, 0) is 23.1 Å². The number of fused-ring (bicyclic) bond motifs is 2. The minimum Gasteiger partial charge on any atom is -0.497 e. The molecule has 5 aromatic rings. The molecule has 2 aromatic heterocycles. The molecule has 0 radical (unpaired) electrons. The van der Waals surface area contributed by atoms with Gasteiger partial charge < -0.3 is 9.72 Å². The first kappa shape index (κ1) is 23.2. The van der Waals surface area contributed by atoms with Crippen molar-refractivity contribution in [2.45, 2.75) is 24.9 Å². The number of nitrogens with one attached hydrogen (secondary N) is 1. The highest BCUT2D eigenvalue weighted by atomic mass is 32.2. The summed E-state index contributed by atoms with van der Waals surface area (Å²) >= 11 is 0.970. The molecule has 0 aliphatic heterocycles. The summed E-state index contributed by atoms with van der Waals surface area (Å²) in [6, 6.07) is 19.9. The summed E-state index contributed by atoms with van der Waals surface area (Å²) in [5.41, 5.74) is 2.84. The van der Waals surface area contributed by atoms with Crippen LogP contribution < -0.4 is 10.3 Å². The van der Waals surface area contributed by atoms with E-state index in [0.29, 0.717) is 33.4 Å². The molecule has 0 saturated heterocycles. The Kier molecular flexibility index (Phi) is 6.10. The highest BCUT2D eigenvalue weighted by Crippen LogP contribution is 2.30. The number of aryl methyl sites for hydroxylation is 1. The number of aromatic nitrogens is 3. The van der Waals surface area contributed by atoms with Crippen LogP contribution in [0.4, 0.5) is 0 Å². The van der Waals surface area contributed by atoms with Crippen LogP contribution in [0.25, 0.3) is 21.9 Å². The van der Waals surface area contributed by atoms with Gasteiger partial charge in [-0.05, 0) is 47.7 Å². The zero-order valence-electron chi connectivity index (χ0n) is 19.1. The fourth-order valence-corrected chi connectivity index (χ4v) is 6.41. The zero-order valence-corrected chi connectivity index (χ0v) is 20.7. The molecule has 35 heavy (non-hydrogen) atoms. The quantitative estimate of drug-likeness (QED) is 0.354. The van der Waals surface area contributed by atoms with Gasteiger partial charge in [-0.3, -0.25) is 4.79 Å². The molecule has 5 rings (SSSR count). The third kappa shape index (κ3) is 4.43. The van der Waals surface area contributed by atoms with Crippen molar-refractivity contribution in [2.24, 2.45) is 0 Å². The average molecular weight is 507 g/mol. The zero-order chi connectivity index (χ0) is 24.6. The van der Waals surface area contributed by atoms with Gasteiger partial charge >= 0.3 is 0 Å². The van der Waals surface area contributed by atoms with Crippen LogP contribution in [0.2, 0.25) is 0 Å². The molecule has 0 bridgehead atoms. The van der Waals surface area contributed by atoms with E-state index in [1.807, 2.05) is 36.4 Å². The van der Waals surface area contributed by atoms with Gasteiger partial charge in [-0.25, -0.2) is 8.42 Å². The summed E-state index contributed by atoms with van der Waals surface area (Å²) < 4.78 is 43.2. The number of ether oxygens (including phenoxy) is 1. The number of benzene rings is 3. The van der Waals surface area contributed by atoms with Crippen molar-refractivity contribution in [1.29, 1.82) is 0 Å². The van der Waals surface area contributed by atoms with Crippen LogP contribution in [0.5, 0.6) is 5.75 Å². The Morgan fingerprint density at radius 1 is 1.00 bits per heavy atom. The molecular formula is C25H22N4O4S2. The van der Waals surface area contributed by atoms with Gasteiger partial charge in [0.25, 0.3) is 5.56 Å². The molecule has 0 fully saturated rings. The van der Waals surface area contributed by atoms with E-state index >= 15 is 0 Å². The summed E-state index contributed by atoms with van der Waals surface area (Å²) in [7, 11) is -2.48. The van der Waals surface area contributed by atoms with Crippen molar-refractivity contribution in [3.63, 3.8) is 0 Å². The van der Waals surface area contributed by atoms with Gasteiger partial charge in [0.15, 0.2) is 0 Å². The van der Waals surface area contributed by atoms with E-state index in [-0.39, 0.29) is 23.5 Å². The van der Waals surface area contributed by atoms with Crippen LogP contribution in [0.1, 0.15) is 16.7 Å². The Labute approximate surface area is 206 Å². The summed E-state index contributed by atoms with van der Waals surface area (Å²) in [5.74, 6) is 0.620. The monoisotopic (exact) mass is 506 g/mol. The molecule has 0 atom stereocenters. The normalized spacial score (nSPS) is 12.0. The first-order valence-electron chi connectivity index (χ1n) is 10.8. The highest BCUT2D eigenvalue weighted by Gasteiger charge is 2.30. The predicted molar refractivity (Wildman–Crippen MR) is 136 cm³/mol. The summed E-state index contributed by atoms with van der Waals surface area (Å²) in [6.07, 6.45) is 0. The van der Waals surface area contributed by atoms with Gasteiger partial charge in [-0.15, -0.1) is 0 Å². The second kappa shape index (κ2) is 9.21. The number of methoxy groups -OCH3 is 1. The topological polar surface area (TPSA) is 105 Å². The van der Waals surface area contributed by atoms with Crippen molar-refractivity contribution in [3.05, 3.63) is 93.8 Å². The van der Waals surface area contributed by atoms with Crippen molar-refractivity contribution in [3.8, 4) is 5.75 Å². The van der Waals surface area contributed by atoms with E-state index in [1.165, 1.54) is 4.31 Å². The third-order valence-corrected chi connectivity index (χ3v) is 8.37. The SMILES string of the molecule is COc1ccc2cc(CN(Cc3ccccc3)S(=O)(=O)c3c(C)ccc4nsnc34)c(=O)[nH]c2c1. The molecule has 178 valence electrons. The van der Waals surface area contributed by atoms with E-state index in [4.69, 9.17) is 4.74 Å². The Morgan fingerprint density at radius 2 is 1.80 bits per heavy atom. The number of hydrogen-bond donors (Lipinski definition) is 1. The van der Waals surface area contributed by atoms with Crippen molar-refractivity contribution in [1.82, 2.24) is 18.0 Å². The van der Waals surface area contributed by atoms with Gasteiger partial charge in [0, 0.05) is 24.7 Å². The molecule has 0 saturated carbocycles. The van der Waals surface area contributed by atoms with Gasteiger partial charge in [-0.1, -0.05) is 36.4 Å². The Bertz CT molecular complexity index is 1700. The molecule has 10 heteroatoms. The van der Waals surface area contributed by atoms with Gasteiger partial charge in [0.1, 0.15) is 21.7 Å². The minimum absolute atomic E-state index is 0.0939. The highest BCUT2D eigenvalue weighted by molar-refractivity contribution is 7.89. The van der Waals surface area contributed by atoms with E-state index in [0.717, 1.165) is 22.7 Å². The number of nitrogens with zero attached hydrogens (tertiary/aromatic N) is 3. The second-order valence-electron chi connectivity index (χ2n) is 8.18. The number of H-pyrrole nitrogens is 1. The number of pyridine rings is 1. The molecule has 0 amide bonds. The lowest BCUT2D eigenvalue weighted by Crippen LogP contribution is -2.33. The number of sulfonamides is 1. The van der Waals surface area contributed by atoms with Crippen LogP contribution in [0.15, 0.2) is 76.4 Å². The maximum atomic E-state index is 14.1. The van der Waals surface area contributed by atoms with Crippen LogP contribution in [-0.4, -0.2) is 33.6 Å². The fourth-order valence-electron chi connectivity index (χ4n) is 4.06. The third-order valence-electron chi connectivity index (χ3n) is 5.85. The molecular weight excluding hydrogens is 484 g/mol. The first-order valence-corrected chi connectivity index (χ1v) is 13.0. The Morgan fingerprint density at radius 3 is 2.57 bits per heavy atom. The molecule has 0 aliphatic carbocycles. The lowest BCUT2D eigenvalue weighted by molar-refractivity contribution is 0.400. The van der Waals surface area contributed by atoms with Crippen molar-refractivity contribution >= 4 is 43.7 Å². The fraction of sp³-hybridized carbons (Fsp3) is 0.160. The maximum Gasteiger partial charge on any atom is 0.252 e. The van der Waals surface area contributed by atoms with Gasteiger partial charge in [0.2, 0.25) is 10.0 Å². The van der Waals surface area contributed by atoms with Gasteiger partial charge in [-0.2, -0.15) is 13.1 Å². The van der Waals surface area contributed by atoms with Crippen LogP contribution in [0, 0.1) is 6.92 Å². The first-order chi connectivity index (χ1) is 16.9. The Hall–Kier alpha value is -3.60. The summed E-state index contributed by atoms with van der Waals surface area (Å²) in [4.78, 5) is 15.9. The smallest absolute Gasteiger partial charge is 0.252 e. The van der Waals surface area contributed by atoms with E-state index < -0.39 is 10.0 Å². The van der Waals surface area contributed by atoms with E-state index in [1.54, 1.807) is 44.4 Å². The number of rotatable bonds is 7. The molecule has 1 N–H and O–H groups in total. The standard InChI is InChI=1S/C25H22N4O4S2/c1-16-8-11-21-23(28-34-27-21)24(16)35(31,32)29(14-17-6-4-3-5-7-17)15-19-12-18-9-10-20(33-2)13-22(18)26-25(19)30/h3-13H,14-15H2,1-2H3,(H,26,30). The average Bonchev–Trinajstić information content (AvgIpc) is 3.32. The number of aromatic amines is 1. The molecule has 0 aliphatic rings. The predicted octanol–water partition coefficient (Wildman–Crippen LogP) is 4.24.